The summed E-state index contributed by atoms with van der Waals surface area (Å²) < 4.78 is 24.4. The molecule has 0 aliphatic rings. The highest BCUT2D eigenvalue weighted by Crippen LogP contribution is 2.10. The molecule has 0 bridgehead atoms. The van der Waals surface area contributed by atoms with Gasteiger partial charge in [0, 0.05) is 19.6 Å². The summed E-state index contributed by atoms with van der Waals surface area (Å²) >= 11 is 0. The van der Waals surface area contributed by atoms with Crippen LogP contribution in [0.5, 0.6) is 0 Å². The number of guanidine groups is 1. The van der Waals surface area contributed by atoms with Gasteiger partial charge in [0.2, 0.25) is 0 Å². The molecule has 25 heavy (non-hydrogen) atoms. The Morgan fingerprint density at radius 2 is 1.80 bits per heavy atom. The van der Waals surface area contributed by atoms with Crippen molar-refractivity contribution in [2.45, 2.75) is 44.9 Å². The van der Waals surface area contributed by atoms with Gasteiger partial charge >= 0.3 is 0 Å². The van der Waals surface area contributed by atoms with Crippen molar-refractivity contribution in [1.29, 1.82) is 0 Å². The van der Waals surface area contributed by atoms with E-state index in [-0.39, 0.29) is 29.7 Å². The Bertz CT molecular complexity index is 590. The molecule has 0 heterocycles. The molecule has 0 aliphatic heterocycles. The van der Waals surface area contributed by atoms with Crippen LogP contribution in [0.4, 0.5) is 0 Å². The van der Waals surface area contributed by atoms with E-state index in [1.54, 1.807) is 24.3 Å². The summed E-state index contributed by atoms with van der Waals surface area (Å²) in [6, 6.07) is 8.58. The van der Waals surface area contributed by atoms with E-state index in [1.807, 2.05) is 13.0 Å². The maximum absolute atomic E-state index is 12.2. The zero-order valence-electron chi connectivity index (χ0n) is 15.5. The Morgan fingerprint density at radius 1 is 1.12 bits per heavy atom. The van der Waals surface area contributed by atoms with Gasteiger partial charge in [-0.25, -0.2) is 8.42 Å². The molecule has 1 rings (SSSR count). The molecule has 0 fully saturated rings. The zero-order valence-corrected chi connectivity index (χ0v) is 18.6. The summed E-state index contributed by atoms with van der Waals surface area (Å²) in [6.07, 6.45) is 2.80. The fourth-order valence-corrected chi connectivity index (χ4v) is 3.57. The van der Waals surface area contributed by atoms with Crippen LogP contribution in [0.25, 0.3) is 0 Å². The molecule has 0 spiro atoms. The Labute approximate surface area is 170 Å². The molecule has 5 nitrogen and oxygen atoms in total. The summed E-state index contributed by atoms with van der Waals surface area (Å²) in [5.41, 5.74) is 0. The molecule has 7 heteroatoms. The quantitative estimate of drug-likeness (QED) is 0.233. The molecule has 0 radical (unpaired) electrons. The van der Waals surface area contributed by atoms with Crippen LogP contribution in [-0.2, 0) is 9.84 Å². The van der Waals surface area contributed by atoms with Gasteiger partial charge in [-0.05, 0) is 44.2 Å². The standard InChI is InChI=1S/C18H31N3O2S.HI/c1-4-19-18(20-13-8-10-16(2)3)21-14-9-15-24(22,23)17-11-6-5-7-12-17;/h5-7,11-12,16H,4,8-10,13-15H2,1-3H3,(H2,19,20,21);1H. The van der Waals surface area contributed by atoms with Crippen molar-refractivity contribution in [3.05, 3.63) is 30.3 Å². The molecule has 1 aromatic rings. The van der Waals surface area contributed by atoms with Crippen molar-refractivity contribution >= 4 is 39.8 Å². The highest BCUT2D eigenvalue weighted by Gasteiger charge is 2.12. The van der Waals surface area contributed by atoms with E-state index in [9.17, 15) is 8.42 Å². The van der Waals surface area contributed by atoms with Crippen molar-refractivity contribution in [3.8, 4) is 0 Å². The van der Waals surface area contributed by atoms with Crippen molar-refractivity contribution < 1.29 is 8.42 Å². The van der Waals surface area contributed by atoms with E-state index in [0.29, 0.717) is 23.8 Å². The number of halogens is 1. The summed E-state index contributed by atoms with van der Waals surface area (Å²) in [5.74, 6) is 1.58. The van der Waals surface area contributed by atoms with Crippen LogP contribution < -0.4 is 10.6 Å². The fourth-order valence-electron chi connectivity index (χ4n) is 2.25. The fraction of sp³-hybridized carbons (Fsp3) is 0.611. The molecular formula is C18H32IN3O2S. The second-order valence-corrected chi connectivity index (χ2v) is 8.32. The second-order valence-electron chi connectivity index (χ2n) is 6.21. The SMILES string of the molecule is CCNC(=NCCCS(=O)(=O)c1ccccc1)NCCCC(C)C.I. The van der Waals surface area contributed by atoms with Gasteiger partial charge < -0.3 is 10.6 Å². The van der Waals surface area contributed by atoms with E-state index >= 15 is 0 Å². The topological polar surface area (TPSA) is 70.6 Å². The van der Waals surface area contributed by atoms with E-state index in [0.717, 1.165) is 25.5 Å². The predicted molar refractivity (Wildman–Crippen MR) is 117 cm³/mol. The third kappa shape index (κ3) is 10.7. The number of rotatable bonds is 10. The number of nitrogens with zero attached hydrogens (tertiary/aromatic N) is 1. The molecule has 0 unspecified atom stereocenters. The monoisotopic (exact) mass is 481 g/mol. The first kappa shape index (κ1) is 24.2. The lowest BCUT2D eigenvalue weighted by atomic mass is 10.1. The van der Waals surface area contributed by atoms with Crippen LogP contribution in [0.15, 0.2) is 40.2 Å². The minimum atomic E-state index is -3.21. The third-order valence-corrected chi connectivity index (χ3v) is 5.35. The third-order valence-electron chi connectivity index (χ3n) is 3.54. The molecule has 1 aromatic carbocycles. The van der Waals surface area contributed by atoms with E-state index < -0.39 is 9.84 Å². The van der Waals surface area contributed by atoms with Gasteiger partial charge in [0.05, 0.1) is 10.6 Å². The van der Waals surface area contributed by atoms with Crippen LogP contribution in [0.2, 0.25) is 0 Å². The molecule has 0 saturated heterocycles. The molecular weight excluding hydrogens is 449 g/mol. The first-order valence-electron chi connectivity index (χ1n) is 8.75. The van der Waals surface area contributed by atoms with Crippen molar-refractivity contribution in [2.24, 2.45) is 10.9 Å². The lowest BCUT2D eigenvalue weighted by Gasteiger charge is -2.12. The highest BCUT2D eigenvalue weighted by molar-refractivity contribution is 14.0. The lowest BCUT2D eigenvalue weighted by Crippen LogP contribution is -2.38. The maximum Gasteiger partial charge on any atom is 0.191 e. The average Bonchev–Trinajstić information content (AvgIpc) is 2.56. The van der Waals surface area contributed by atoms with Gasteiger partial charge in [0.15, 0.2) is 15.8 Å². The van der Waals surface area contributed by atoms with E-state index in [1.165, 1.54) is 6.42 Å². The number of benzene rings is 1. The van der Waals surface area contributed by atoms with Gasteiger partial charge in [-0.2, -0.15) is 0 Å². The number of aliphatic imine (C=N–C) groups is 1. The van der Waals surface area contributed by atoms with Crippen LogP contribution in [-0.4, -0.2) is 39.8 Å². The number of nitrogens with one attached hydrogen (secondary N) is 2. The van der Waals surface area contributed by atoms with Gasteiger partial charge in [-0.3, -0.25) is 4.99 Å². The molecule has 2 N–H and O–H groups in total. The predicted octanol–water partition coefficient (Wildman–Crippen LogP) is 3.46. The first-order chi connectivity index (χ1) is 11.5. The number of hydrogen-bond acceptors (Lipinski definition) is 3. The summed E-state index contributed by atoms with van der Waals surface area (Å²) in [6.45, 7) is 8.61. The van der Waals surface area contributed by atoms with Crippen LogP contribution in [0.3, 0.4) is 0 Å². The second kappa shape index (κ2) is 13.4. The minimum absolute atomic E-state index is 0. The average molecular weight is 481 g/mol. The largest absolute Gasteiger partial charge is 0.357 e. The van der Waals surface area contributed by atoms with E-state index in [2.05, 4.69) is 29.5 Å². The summed E-state index contributed by atoms with van der Waals surface area (Å²) in [5, 5.41) is 6.48. The summed E-state index contributed by atoms with van der Waals surface area (Å²) in [7, 11) is -3.21. The number of sulfone groups is 1. The lowest BCUT2D eigenvalue weighted by molar-refractivity contribution is 0.549. The Morgan fingerprint density at radius 3 is 2.40 bits per heavy atom. The molecule has 0 saturated carbocycles. The smallest absolute Gasteiger partial charge is 0.191 e. The Kier molecular flexibility index (Phi) is 12.9. The Hall–Kier alpha value is -0.830. The first-order valence-corrected chi connectivity index (χ1v) is 10.4. The van der Waals surface area contributed by atoms with Gasteiger partial charge in [-0.15, -0.1) is 24.0 Å². The molecule has 0 aliphatic carbocycles. The molecule has 0 amide bonds. The van der Waals surface area contributed by atoms with Gasteiger partial charge in [0.25, 0.3) is 0 Å². The van der Waals surface area contributed by atoms with Gasteiger partial charge in [0.1, 0.15) is 0 Å². The zero-order chi connectivity index (χ0) is 17.8. The molecule has 0 atom stereocenters. The maximum atomic E-state index is 12.2. The van der Waals surface area contributed by atoms with Gasteiger partial charge in [-0.1, -0.05) is 32.0 Å². The molecule has 144 valence electrons. The van der Waals surface area contributed by atoms with Crippen molar-refractivity contribution in [1.82, 2.24) is 10.6 Å². The van der Waals surface area contributed by atoms with Crippen LogP contribution in [0.1, 0.15) is 40.0 Å². The van der Waals surface area contributed by atoms with Crippen molar-refractivity contribution in [2.75, 3.05) is 25.4 Å². The van der Waals surface area contributed by atoms with E-state index in [4.69, 9.17) is 0 Å². The molecule has 0 aromatic heterocycles. The van der Waals surface area contributed by atoms with Crippen LogP contribution >= 0.6 is 24.0 Å². The highest BCUT2D eigenvalue weighted by atomic mass is 127. The number of hydrogen-bond donors (Lipinski definition) is 2. The van der Waals surface area contributed by atoms with Crippen LogP contribution in [0, 0.1) is 5.92 Å². The van der Waals surface area contributed by atoms with Crippen molar-refractivity contribution in [3.63, 3.8) is 0 Å². The Balaban J connectivity index is 0.00000576. The minimum Gasteiger partial charge on any atom is -0.357 e. The normalized spacial score (nSPS) is 11.9. The summed E-state index contributed by atoms with van der Waals surface area (Å²) in [4.78, 5) is 4.84.